The number of carbonyl (C=O) groups excluding carboxylic acids is 4. The van der Waals surface area contributed by atoms with Crippen LogP contribution in [-0.2, 0) is 14.3 Å². The highest BCUT2D eigenvalue weighted by Gasteiger charge is 2.38. The Morgan fingerprint density at radius 2 is 1.41 bits per heavy atom. The minimum absolute atomic E-state index is 0.0401. The van der Waals surface area contributed by atoms with E-state index in [4.69, 9.17) is 42.1 Å². The van der Waals surface area contributed by atoms with Crippen molar-refractivity contribution in [3.63, 3.8) is 0 Å². The van der Waals surface area contributed by atoms with Crippen molar-refractivity contribution in [2.45, 2.75) is 71.6 Å². The van der Waals surface area contributed by atoms with E-state index in [0.29, 0.717) is 10.9 Å². The second-order valence-electron chi connectivity index (χ2n) is 15.6. The van der Waals surface area contributed by atoms with E-state index in [9.17, 15) is 19.2 Å². The molecule has 1 aromatic heterocycles. The van der Waals surface area contributed by atoms with Gasteiger partial charge in [-0.25, -0.2) is 29.3 Å². The van der Waals surface area contributed by atoms with Gasteiger partial charge < -0.3 is 29.2 Å². The average molecular weight is 842 g/mol. The zero-order chi connectivity index (χ0) is 42.7. The number of methoxy groups -OCH3 is 2. The van der Waals surface area contributed by atoms with Crippen molar-refractivity contribution in [1.82, 2.24) is 14.9 Å². The minimum Gasteiger partial charge on any atom is -0.495 e. The van der Waals surface area contributed by atoms with E-state index in [1.165, 1.54) is 46.2 Å². The maximum Gasteiger partial charge on any atom is 0.423 e. The molecule has 2 aliphatic rings. The Hall–Kier alpha value is -5.32. The third-order valence-corrected chi connectivity index (χ3v) is 9.75. The Labute approximate surface area is 348 Å². The third kappa shape index (κ3) is 10.2. The maximum absolute atomic E-state index is 14.5. The molecule has 0 radical (unpaired) electrons. The first-order valence-corrected chi connectivity index (χ1v) is 19.3. The lowest BCUT2D eigenvalue weighted by atomic mass is 10.1. The number of hydrogen-bond acceptors (Lipinski definition) is 12. The van der Waals surface area contributed by atoms with E-state index in [2.05, 4.69) is 31.7 Å². The van der Waals surface area contributed by atoms with E-state index < -0.39 is 35.3 Å². The maximum atomic E-state index is 14.5. The Balaban J connectivity index is 1.59. The van der Waals surface area contributed by atoms with Crippen LogP contribution in [0.3, 0.4) is 0 Å². The lowest BCUT2D eigenvalue weighted by Crippen LogP contribution is -2.48. The standard InChI is InChI=1S/C40H50Cl2N8O8/c1-11-32(51)45-26-20-25(48-18-16-47(17-19-48)24-12-13-24)14-15-27(26)49(37(53)57-39(2,3)4)31-22-30(43-23-44-31)46(8)36(52)50(38(54)58-40(5,6)7)35-33(41)28(55-9)21-29(56-10)34(35)42/h11,14-15,20-24H,1,12-13,16-19H2,2-10H3,(H,45,51). The molecule has 5 amide bonds. The molecule has 0 bridgehead atoms. The van der Waals surface area contributed by atoms with Gasteiger partial charge in [-0.05, 0) is 78.7 Å². The predicted molar refractivity (Wildman–Crippen MR) is 225 cm³/mol. The molecule has 1 aliphatic heterocycles. The number of carbonyl (C=O) groups is 4. The molecule has 3 aromatic rings. The second-order valence-corrected chi connectivity index (χ2v) is 16.4. The summed E-state index contributed by atoms with van der Waals surface area (Å²) in [7, 11) is 4.04. The molecule has 0 spiro atoms. The molecule has 0 unspecified atom stereocenters. The van der Waals surface area contributed by atoms with Gasteiger partial charge >= 0.3 is 18.2 Å². The number of nitrogens with zero attached hydrogens (tertiary/aromatic N) is 7. The van der Waals surface area contributed by atoms with Crippen molar-refractivity contribution < 1.29 is 38.1 Å². The van der Waals surface area contributed by atoms with Gasteiger partial charge in [0.05, 0.1) is 25.6 Å². The van der Waals surface area contributed by atoms with Gasteiger partial charge in [0.15, 0.2) is 0 Å². The van der Waals surface area contributed by atoms with Crippen LogP contribution in [0.1, 0.15) is 54.4 Å². The summed E-state index contributed by atoms with van der Waals surface area (Å²) in [6.45, 7) is 17.0. The molecule has 1 N–H and O–H groups in total. The Morgan fingerprint density at radius 1 is 0.845 bits per heavy atom. The van der Waals surface area contributed by atoms with Crippen molar-refractivity contribution in [3.8, 4) is 11.5 Å². The third-order valence-electron chi connectivity index (χ3n) is 9.02. The number of piperazine rings is 1. The Bertz CT molecular complexity index is 2030. The minimum atomic E-state index is -1.12. The van der Waals surface area contributed by atoms with E-state index in [1.807, 2.05) is 6.07 Å². The molecule has 1 aliphatic carbocycles. The largest absolute Gasteiger partial charge is 0.495 e. The number of anilines is 6. The molecular formula is C40H50Cl2N8O8. The van der Waals surface area contributed by atoms with Crippen molar-refractivity contribution in [3.05, 3.63) is 59.4 Å². The monoisotopic (exact) mass is 840 g/mol. The molecule has 312 valence electrons. The van der Waals surface area contributed by atoms with Crippen LogP contribution < -0.4 is 34.4 Å². The first-order valence-electron chi connectivity index (χ1n) is 18.6. The van der Waals surface area contributed by atoms with Crippen LogP contribution in [0.15, 0.2) is 49.3 Å². The number of imide groups is 1. The highest BCUT2D eigenvalue weighted by Crippen LogP contribution is 2.47. The van der Waals surface area contributed by atoms with E-state index in [-0.39, 0.29) is 50.2 Å². The topological polar surface area (TPSA) is 159 Å². The summed E-state index contributed by atoms with van der Waals surface area (Å²) in [6, 6.07) is 7.73. The number of urea groups is 1. The summed E-state index contributed by atoms with van der Waals surface area (Å²) in [5.41, 5.74) is -0.952. The second kappa shape index (κ2) is 17.7. The van der Waals surface area contributed by atoms with Crippen LogP contribution in [0, 0.1) is 0 Å². The van der Waals surface area contributed by atoms with Gasteiger partial charge in [-0.1, -0.05) is 29.8 Å². The fourth-order valence-electron chi connectivity index (χ4n) is 6.14. The SMILES string of the molecule is C=CC(=O)Nc1cc(N2CCN(C3CC3)CC2)ccc1N(C(=O)OC(C)(C)C)c1cc(N(C)C(=O)N(C(=O)OC(C)(C)C)c2c(Cl)c(OC)cc(OC)c2Cl)ncn1. The molecule has 1 saturated carbocycles. The van der Waals surface area contributed by atoms with E-state index in [1.54, 1.807) is 53.7 Å². The van der Waals surface area contributed by atoms with Crippen molar-refractivity contribution in [2.75, 3.05) is 72.4 Å². The van der Waals surface area contributed by atoms with Gasteiger partial charge in [-0.2, -0.15) is 4.90 Å². The molecule has 2 heterocycles. The van der Waals surface area contributed by atoms with E-state index in [0.717, 1.165) is 54.1 Å². The van der Waals surface area contributed by atoms with Gasteiger partial charge in [0.25, 0.3) is 0 Å². The summed E-state index contributed by atoms with van der Waals surface area (Å²) in [6.07, 6.45) is 2.74. The Morgan fingerprint density at radius 3 is 1.95 bits per heavy atom. The van der Waals surface area contributed by atoms with Gasteiger partial charge in [0.2, 0.25) is 5.91 Å². The lowest BCUT2D eigenvalue weighted by molar-refractivity contribution is -0.111. The summed E-state index contributed by atoms with van der Waals surface area (Å²) in [4.78, 5) is 71.7. The van der Waals surface area contributed by atoms with Crippen molar-refractivity contribution in [1.29, 1.82) is 0 Å². The summed E-state index contributed by atoms with van der Waals surface area (Å²) in [5.74, 6) is -0.499. The van der Waals surface area contributed by atoms with Crippen LogP contribution in [0.25, 0.3) is 0 Å². The smallest absolute Gasteiger partial charge is 0.423 e. The molecule has 16 nitrogen and oxygen atoms in total. The van der Waals surface area contributed by atoms with Crippen LogP contribution >= 0.6 is 23.2 Å². The zero-order valence-corrected chi connectivity index (χ0v) is 35.7. The fourth-order valence-corrected chi connectivity index (χ4v) is 6.81. The molecular weight excluding hydrogens is 791 g/mol. The van der Waals surface area contributed by atoms with Crippen molar-refractivity contribution >= 4 is 81.7 Å². The summed E-state index contributed by atoms with van der Waals surface area (Å²) in [5, 5.41) is 2.48. The molecule has 58 heavy (non-hydrogen) atoms. The summed E-state index contributed by atoms with van der Waals surface area (Å²) >= 11 is 13.4. The van der Waals surface area contributed by atoms with Crippen molar-refractivity contribution in [2.24, 2.45) is 0 Å². The number of halogens is 2. The van der Waals surface area contributed by atoms with Crippen LogP contribution in [0.2, 0.25) is 10.0 Å². The van der Waals surface area contributed by atoms with Gasteiger partial charge in [0, 0.05) is 57.1 Å². The number of nitrogens with one attached hydrogen (secondary N) is 1. The summed E-state index contributed by atoms with van der Waals surface area (Å²) < 4.78 is 22.3. The number of hydrogen-bond donors (Lipinski definition) is 1. The molecule has 5 rings (SSSR count). The molecule has 2 fully saturated rings. The highest BCUT2D eigenvalue weighted by molar-refractivity contribution is 6.43. The highest BCUT2D eigenvalue weighted by atomic mass is 35.5. The molecule has 0 atom stereocenters. The van der Waals surface area contributed by atoms with Gasteiger partial charge in [0.1, 0.15) is 56.4 Å². The van der Waals surface area contributed by atoms with Crippen LogP contribution in [0.4, 0.5) is 48.8 Å². The zero-order valence-electron chi connectivity index (χ0n) is 34.2. The first kappa shape index (κ1) is 43.8. The number of aromatic nitrogens is 2. The number of benzene rings is 2. The van der Waals surface area contributed by atoms with Gasteiger partial charge in [-0.15, -0.1) is 0 Å². The normalized spacial score (nSPS) is 14.6. The first-order chi connectivity index (χ1) is 27.3. The predicted octanol–water partition coefficient (Wildman–Crippen LogP) is 8.28. The van der Waals surface area contributed by atoms with Crippen LogP contribution in [0.5, 0.6) is 11.5 Å². The van der Waals surface area contributed by atoms with Gasteiger partial charge in [-0.3, -0.25) is 14.6 Å². The number of rotatable bonds is 10. The molecule has 18 heteroatoms. The average Bonchev–Trinajstić information content (AvgIpc) is 4.01. The molecule has 1 saturated heterocycles. The lowest BCUT2D eigenvalue weighted by Gasteiger charge is -2.36. The number of amides is 5. The number of ether oxygens (including phenoxy) is 4. The van der Waals surface area contributed by atoms with Crippen LogP contribution in [-0.4, -0.2) is 104 Å². The Kier molecular flexibility index (Phi) is 13.3. The van der Waals surface area contributed by atoms with E-state index >= 15 is 0 Å². The fraction of sp³-hybridized carbons (Fsp3) is 0.450. The molecule has 2 aromatic carbocycles. The quantitative estimate of drug-likeness (QED) is 0.195.